The molecule has 2 atom stereocenters. The minimum atomic E-state index is -0.450. The molecule has 1 aromatic carbocycles. The summed E-state index contributed by atoms with van der Waals surface area (Å²) in [5, 5.41) is 10.3. The maximum atomic E-state index is 13.6. The third kappa shape index (κ3) is 3.49. The van der Waals surface area contributed by atoms with Crippen LogP contribution in [-0.4, -0.2) is 76.2 Å². The molecule has 32 heavy (non-hydrogen) atoms. The number of ether oxygens (including phenoxy) is 1. The van der Waals surface area contributed by atoms with E-state index in [0.29, 0.717) is 45.6 Å². The van der Waals surface area contributed by atoms with Crippen molar-refractivity contribution in [3.05, 3.63) is 66.0 Å². The van der Waals surface area contributed by atoms with Gasteiger partial charge in [-0.2, -0.15) is 0 Å². The van der Waals surface area contributed by atoms with Crippen LogP contribution < -0.4 is 0 Å². The molecule has 168 valence electrons. The van der Waals surface area contributed by atoms with E-state index in [4.69, 9.17) is 4.74 Å². The minimum absolute atomic E-state index is 0.0138. The molecule has 1 aromatic heterocycles. The number of aromatic nitrogens is 1. The molecule has 0 radical (unpaired) electrons. The first-order chi connectivity index (χ1) is 15.6. The van der Waals surface area contributed by atoms with Gasteiger partial charge in [0.2, 0.25) is 11.8 Å². The van der Waals surface area contributed by atoms with Crippen LogP contribution in [0.15, 0.2) is 54.9 Å². The zero-order valence-electron chi connectivity index (χ0n) is 18.1. The summed E-state index contributed by atoms with van der Waals surface area (Å²) in [5.74, 6) is 0.0757. The number of benzene rings is 1. The maximum absolute atomic E-state index is 13.6. The Morgan fingerprint density at radius 1 is 1.09 bits per heavy atom. The van der Waals surface area contributed by atoms with Gasteiger partial charge < -0.3 is 19.6 Å². The van der Waals surface area contributed by atoms with Crippen LogP contribution in [0.2, 0.25) is 0 Å². The standard InChI is InChI=1S/C25H29N3O4/c29-15-21-23(19-6-2-1-3-7-19)25(28(21)24(31)20-8-11-32-12-9-20)16-27(17-25)22(30)13-18-5-4-10-26-14-18/h1-7,10,14,20-21,23,29H,8-9,11-13,15-17H2/t21-,23+/m1/s1. The summed E-state index contributed by atoms with van der Waals surface area (Å²) in [4.78, 5) is 34.3. The van der Waals surface area contributed by atoms with E-state index in [1.165, 1.54) is 0 Å². The molecule has 7 nitrogen and oxygen atoms in total. The summed E-state index contributed by atoms with van der Waals surface area (Å²) < 4.78 is 5.44. The molecule has 3 saturated heterocycles. The summed E-state index contributed by atoms with van der Waals surface area (Å²) in [5.41, 5.74) is 1.55. The molecular formula is C25H29N3O4. The van der Waals surface area contributed by atoms with Gasteiger partial charge in [0.25, 0.3) is 0 Å². The van der Waals surface area contributed by atoms with E-state index in [-0.39, 0.29) is 36.3 Å². The molecule has 0 aliphatic carbocycles. The number of nitrogens with zero attached hydrogens (tertiary/aromatic N) is 3. The lowest BCUT2D eigenvalue weighted by atomic mass is 9.60. The second kappa shape index (κ2) is 8.64. The number of aliphatic hydroxyl groups excluding tert-OH is 1. The van der Waals surface area contributed by atoms with E-state index in [2.05, 4.69) is 17.1 Å². The fraction of sp³-hybridized carbons (Fsp3) is 0.480. The van der Waals surface area contributed by atoms with Crippen molar-refractivity contribution in [3.8, 4) is 0 Å². The minimum Gasteiger partial charge on any atom is -0.394 e. The fourth-order valence-corrected chi connectivity index (χ4v) is 5.74. The van der Waals surface area contributed by atoms with E-state index in [1.807, 2.05) is 40.1 Å². The summed E-state index contributed by atoms with van der Waals surface area (Å²) in [6.45, 7) is 2.10. The van der Waals surface area contributed by atoms with E-state index in [0.717, 1.165) is 11.1 Å². The predicted molar refractivity (Wildman–Crippen MR) is 118 cm³/mol. The number of rotatable bonds is 5. The van der Waals surface area contributed by atoms with Gasteiger partial charge in [0.15, 0.2) is 0 Å². The Labute approximate surface area is 188 Å². The van der Waals surface area contributed by atoms with Crippen LogP contribution in [0.4, 0.5) is 0 Å². The van der Waals surface area contributed by atoms with Crippen LogP contribution in [-0.2, 0) is 20.7 Å². The molecular weight excluding hydrogens is 406 g/mol. The molecule has 3 fully saturated rings. The topological polar surface area (TPSA) is 83.0 Å². The highest BCUT2D eigenvalue weighted by atomic mass is 16.5. The quantitative estimate of drug-likeness (QED) is 0.772. The van der Waals surface area contributed by atoms with Crippen molar-refractivity contribution in [1.82, 2.24) is 14.8 Å². The lowest BCUT2D eigenvalue weighted by molar-refractivity contribution is -0.207. The molecule has 2 amide bonds. The van der Waals surface area contributed by atoms with E-state index < -0.39 is 5.54 Å². The second-order valence-corrected chi connectivity index (χ2v) is 9.12. The lowest BCUT2D eigenvalue weighted by Crippen LogP contribution is -2.86. The predicted octanol–water partition coefficient (Wildman–Crippen LogP) is 1.62. The molecule has 1 spiro atoms. The number of aliphatic hydroxyl groups is 1. The molecule has 3 aliphatic rings. The molecule has 5 rings (SSSR count). The van der Waals surface area contributed by atoms with E-state index in [9.17, 15) is 14.7 Å². The van der Waals surface area contributed by atoms with Gasteiger partial charge in [-0.3, -0.25) is 14.6 Å². The lowest BCUT2D eigenvalue weighted by Gasteiger charge is -2.71. The van der Waals surface area contributed by atoms with Gasteiger partial charge >= 0.3 is 0 Å². The molecule has 0 unspecified atom stereocenters. The Morgan fingerprint density at radius 2 is 1.84 bits per heavy atom. The number of carbonyl (C=O) groups is 2. The summed E-state index contributed by atoms with van der Waals surface area (Å²) in [6, 6.07) is 13.5. The summed E-state index contributed by atoms with van der Waals surface area (Å²) in [6.07, 6.45) is 5.14. The van der Waals surface area contributed by atoms with Gasteiger partial charge in [-0.05, 0) is 30.0 Å². The van der Waals surface area contributed by atoms with Crippen LogP contribution in [0.3, 0.4) is 0 Å². The average Bonchev–Trinajstić information content (AvgIpc) is 2.79. The smallest absolute Gasteiger partial charge is 0.227 e. The zero-order valence-corrected chi connectivity index (χ0v) is 18.1. The first-order valence-electron chi connectivity index (χ1n) is 11.4. The first kappa shape index (κ1) is 21.1. The van der Waals surface area contributed by atoms with Crippen LogP contribution in [0.1, 0.15) is 29.9 Å². The first-order valence-corrected chi connectivity index (χ1v) is 11.4. The Balaban J connectivity index is 1.38. The van der Waals surface area contributed by atoms with Crippen molar-refractivity contribution < 1.29 is 19.4 Å². The molecule has 3 aliphatic heterocycles. The Morgan fingerprint density at radius 3 is 2.50 bits per heavy atom. The second-order valence-electron chi connectivity index (χ2n) is 9.12. The molecule has 4 heterocycles. The average molecular weight is 436 g/mol. The number of hydrogen-bond acceptors (Lipinski definition) is 5. The largest absolute Gasteiger partial charge is 0.394 e. The number of amides is 2. The SMILES string of the molecule is O=C(Cc1cccnc1)N1CC2(C1)[C@@H](c1ccccc1)[C@@H](CO)N2C(=O)C1CCOCC1. The maximum Gasteiger partial charge on any atom is 0.227 e. The number of pyridine rings is 1. The Hall–Kier alpha value is -2.77. The van der Waals surface area contributed by atoms with Gasteiger partial charge in [0.1, 0.15) is 0 Å². The zero-order chi connectivity index (χ0) is 22.1. The molecule has 1 N–H and O–H groups in total. The Kier molecular flexibility index (Phi) is 5.69. The van der Waals surface area contributed by atoms with E-state index in [1.54, 1.807) is 12.4 Å². The molecule has 0 saturated carbocycles. The van der Waals surface area contributed by atoms with Crippen molar-refractivity contribution in [1.29, 1.82) is 0 Å². The molecule has 0 bridgehead atoms. The van der Waals surface area contributed by atoms with Gasteiger partial charge in [-0.15, -0.1) is 0 Å². The highest BCUT2D eigenvalue weighted by Gasteiger charge is 2.68. The van der Waals surface area contributed by atoms with Gasteiger partial charge in [0.05, 0.1) is 24.6 Å². The number of hydrogen-bond donors (Lipinski definition) is 1. The van der Waals surface area contributed by atoms with Crippen LogP contribution in [0.5, 0.6) is 0 Å². The Bertz CT molecular complexity index is 956. The fourth-order valence-electron chi connectivity index (χ4n) is 5.74. The molecule has 2 aromatic rings. The highest BCUT2D eigenvalue weighted by Crippen LogP contribution is 2.54. The number of likely N-dealkylation sites (tertiary alicyclic amines) is 2. The van der Waals surface area contributed by atoms with E-state index >= 15 is 0 Å². The van der Waals surface area contributed by atoms with Crippen molar-refractivity contribution in [2.24, 2.45) is 5.92 Å². The summed E-state index contributed by atoms with van der Waals surface area (Å²) in [7, 11) is 0. The van der Waals surface area contributed by atoms with Crippen molar-refractivity contribution in [3.63, 3.8) is 0 Å². The monoisotopic (exact) mass is 435 g/mol. The van der Waals surface area contributed by atoms with Crippen LogP contribution in [0.25, 0.3) is 0 Å². The van der Waals surface area contributed by atoms with Gasteiger partial charge in [0, 0.05) is 50.5 Å². The highest BCUT2D eigenvalue weighted by molar-refractivity contribution is 5.85. The van der Waals surface area contributed by atoms with Crippen LogP contribution >= 0.6 is 0 Å². The van der Waals surface area contributed by atoms with Crippen molar-refractivity contribution >= 4 is 11.8 Å². The molecule has 7 heteroatoms. The van der Waals surface area contributed by atoms with Crippen molar-refractivity contribution in [2.45, 2.75) is 36.8 Å². The van der Waals surface area contributed by atoms with Crippen molar-refractivity contribution in [2.75, 3.05) is 32.9 Å². The summed E-state index contributed by atoms with van der Waals surface area (Å²) >= 11 is 0. The third-order valence-electron chi connectivity index (χ3n) is 7.29. The van der Waals surface area contributed by atoms with Gasteiger partial charge in [-0.1, -0.05) is 36.4 Å². The van der Waals surface area contributed by atoms with Gasteiger partial charge in [-0.25, -0.2) is 0 Å². The van der Waals surface area contributed by atoms with Crippen LogP contribution in [0, 0.1) is 5.92 Å². The third-order valence-corrected chi connectivity index (χ3v) is 7.29. The number of carbonyl (C=O) groups excluding carboxylic acids is 2. The normalized spacial score (nSPS) is 24.7.